The molecule has 0 saturated carbocycles. The molecule has 0 fully saturated rings. The van der Waals surface area contributed by atoms with Crippen LogP contribution in [0.5, 0.6) is 5.75 Å². The van der Waals surface area contributed by atoms with Gasteiger partial charge in [-0.2, -0.15) is 0 Å². The molecule has 0 aliphatic rings. The average Bonchev–Trinajstić information content (AvgIpc) is 2.73. The summed E-state index contributed by atoms with van der Waals surface area (Å²) in [5, 5.41) is 2.87. The van der Waals surface area contributed by atoms with E-state index in [0.717, 1.165) is 11.1 Å². The van der Waals surface area contributed by atoms with Gasteiger partial charge in [-0.3, -0.25) is 4.79 Å². The molecule has 3 nitrogen and oxygen atoms in total. The predicted molar refractivity (Wildman–Crippen MR) is 108 cm³/mol. The first-order chi connectivity index (χ1) is 13.6. The summed E-state index contributed by atoms with van der Waals surface area (Å²) < 4.78 is 18.8. The Hall–Kier alpha value is -3.58. The fraction of sp³-hybridized carbons (Fsp3) is 0.125. The SMILES string of the molecule is COc1ccc(C(C)NC(=O)c2ccc(C#Cc3ccccc3)cc2)cc1F. The predicted octanol–water partition coefficient (Wildman–Crippen LogP) is 4.73. The average molecular weight is 373 g/mol. The van der Waals surface area contributed by atoms with Gasteiger partial charge in [0.15, 0.2) is 11.6 Å². The summed E-state index contributed by atoms with van der Waals surface area (Å²) in [6.45, 7) is 1.80. The van der Waals surface area contributed by atoms with Crippen LogP contribution in [-0.2, 0) is 0 Å². The minimum Gasteiger partial charge on any atom is -0.494 e. The first kappa shape index (κ1) is 19.2. The molecule has 0 spiro atoms. The number of hydrogen-bond donors (Lipinski definition) is 1. The molecule has 3 aromatic rings. The zero-order valence-corrected chi connectivity index (χ0v) is 15.7. The summed E-state index contributed by atoms with van der Waals surface area (Å²) in [4.78, 5) is 12.5. The van der Waals surface area contributed by atoms with Gasteiger partial charge in [-0.25, -0.2) is 4.39 Å². The van der Waals surface area contributed by atoms with Gasteiger partial charge in [0.1, 0.15) is 0 Å². The number of halogens is 1. The van der Waals surface area contributed by atoms with Gasteiger partial charge in [-0.05, 0) is 61.0 Å². The molecule has 0 aromatic heterocycles. The van der Waals surface area contributed by atoms with E-state index in [0.29, 0.717) is 11.1 Å². The number of hydrogen-bond acceptors (Lipinski definition) is 2. The smallest absolute Gasteiger partial charge is 0.251 e. The lowest BCUT2D eigenvalue weighted by Gasteiger charge is -2.15. The molecule has 3 rings (SSSR count). The topological polar surface area (TPSA) is 38.3 Å². The molecule has 1 N–H and O–H groups in total. The van der Waals surface area contributed by atoms with Gasteiger partial charge in [-0.15, -0.1) is 0 Å². The molecule has 3 aromatic carbocycles. The van der Waals surface area contributed by atoms with Crippen LogP contribution in [0.4, 0.5) is 4.39 Å². The molecule has 1 amide bonds. The number of benzene rings is 3. The second-order valence-electron chi connectivity index (χ2n) is 6.28. The summed E-state index contributed by atoms with van der Waals surface area (Å²) in [6, 6.07) is 21.1. The van der Waals surface area contributed by atoms with Crippen LogP contribution in [0.15, 0.2) is 72.8 Å². The van der Waals surface area contributed by atoms with Crippen molar-refractivity contribution >= 4 is 5.91 Å². The molecular weight excluding hydrogens is 353 g/mol. The lowest BCUT2D eigenvalue weighted by Crippen LogP contribution is -2.26. The number of ether oxygens (including phenoxy) is 1. The normalized spacial score (nSPS) is 11.1. The number of carbonyl (C=O) groups excluding carboxylic acids is 1. The van der Waals surface area contributed by atoms with Gasteiger partial charge < -0.3 is 10.1 Å². The Balaban J connectivity index is 1.66. The van der Waals surface area contributed by atoms with Crippen LogP contribution in [-0.4, -0.2) is 13.0 Å². The third kappa shape index (κ3) is 4.77. The lowest BCUT2D eigenvalue weighted by molar-refractivity contribution is 0.0940. The van der Waals surface area contributed by atoms with E-state index >= 15 is 0 Å². The van der Waals surface area contributed by atoms with Crippen molar-refractivity contribution in [2.24, 2.45) is 0 Å². The summed E-state index contributed by atoms with van der Waals surface area (Å²) in [5.41, 5.74) is 2.94. The van der Waals surface area contributed by atoms with E-state index in [2.05, 4.69) is 17.2 Å². The van der Waals surface area contributed by atoms with Crippen LogP contribution in [0.1, 0.15) is 40.0 Å². The van der Waals surface area contributed by atoms with Crippen molar-refractivity contribution in [3.05, 3.63) is 101 Å². The van der Waals surface area contributed by atoms with E-state index in [1.807, 2.05) is 42.5 Å². The molecule has 0 aliphatic carbocycles. The number of rotatable bonds is 4. The fourth-order valence-corrected chi connectivity index (χ4v) is 2.69. The third-order valence-electron chi connectivity index (χ3n) is 4.30. The maximum atomic E-state index is 13.9. The highest BCUT2D eigenvalue weighted by atomic mass is 19.1. The minimum absolute atomic E-state index is 0.175. The van der Waals surface area contributed by atoms with Crippen LogP contribution in [0.2, 0.25) is 0 Å². The number of methoxy groups -OCH3 is 1. The van der Waals surface area contributed by atoms with Gasteiger partial charge in [0, 0.05) is 16.7 Å². The van der Waals surface area contributed by atoms with Crippen molar-refractivity contribution in [1.82, 2.24) is 5.32 Å². The Morgan fingerprint density at radius 2 is 1.61 bits per heavy atom. The van der Waals surface area contributed by atoms with Crippen molar-refractivity contribution in [1.29, 1.82) is 0 Å². The fourth-order valence-electron chi connectivity index (χ4n) is 2.69. The van der Waals surface area contributed by atoms with E-state index in [1.165, 1.54) is 13.2 Å². The zero-order chi connectivity index (χ0) is 19.9. The van der Waals surface area contributed by atoms with Crippen LogP contribution in [0.25, 0.3) is 0 Å². The van der Waals surface area contributed by atoms with E-state index in [-0.39, 0.29) is 17.7 Å². The zero-order valence-electron chi connectivity index (χ0n) is 15.7. The van der Waals surface area contributed by atoms with Crippen molar-refractivity contribution in [2.45, 2.75) is 13.0 Å². The molecule has 1 unspecified atom stereocenters. The third-order valence-corrected chi connectivity index (χ3v) is 4.30. The molecule has 0 saturated heterocycles. The summed E-state index contributed by atoms with van der Waals surface area (Å²) >= 11 is 0. The van der Waals surface area contributed by atoms with Crippen molar-refractivity contribution < 1.29 is 13.9 Å². The largest absolute Gasteiger partial charge is 0.494 e. The maximum absolute atomic E-state index is 13.9. The van der Waals surface area contributed by atoms with E-state index in [1.54, 1.807) is 31.2 Å². The number of nitrogens with one attached hydrogen (secondary N) is 1. The van der Waals surface area contributed by atoms with Gasteiger partial charge in [-0.1, -0.05) is 36.1 Å². The highest BCUT2D eigenvalue weighted by Crippen LogP contribution is 2.22. The summed E-state index contributed by atoms with van der Waals surface area (Å²) in [5.74, 6) is 5.65. The van der Waals surface area contributed by atoms with E-state index in [9.17, 15) is 9.18 Å². The van der Waals surface area contributed by atoms with Gasteiger partial charge >= 0.3 is 0 Å². The molecule has 28 heavy (non-hydrogen) atoms. The Bertz CT molecular complexity index is 1020. The summed E-state index contributed by atoms with van der Waals surface area (Å²) in [6.07, 6.45) is 0. The Morgan fingerprint density at radius 1 is 0.964 bits per heavy atom. The molecule has 0 aliphatic heterocycles. The van der Waals surface area contributed by atoms with E-state index in [4.69, 9.17) is 4.74 Å². The van der Waals surface area contributed by atoms with Crippen LogP contribution < -0.4 is 10.1 Å². The quantitative estimate of drug-likeness (QED) is 0.672. The molecule has 140 valence electrons. The summed E-state index contributed by atoms with van der Waals surface area (Å²) in [7, 11) is 1.41. The van der Waals surface area contributed by atoms with Crippen molar-refractivity contribution in [3.8, 4) is 17.6 Å². The van der Waals surface area contributed by atoms with Crippen LogP contribution >= 0.6 is 0 Å². The monoisotopic (exact) mass is 373 g/mol. The van der Waals surface area contributed by atoms with Gasteiger partial charge in [0.25, 0.3) is 5.91 Å². The number of carbonyl (C=O) groups is 1. The van der Waals surface area contributed by atoms with Crippen LogP contribution in [0, 0.1) is 17.7 Å². The van der Waals surface area contributed by atoms with Crippen molar-refractivity contribution in [3.63, 3.8) is 0 Å². The molecule has 4 heteroatoms. The van der Waals surface area contributed by atoms with Crippen LogP contribution in [0.3, 0.4) is 0 Å². The highest BCUT2D eigenvalue weighted by Gasteiger charge is 2.13. The molecule has 0 radical (unpaired) electrons. The molecular formula is C24H20FNO2. The Kier molecular flexibility index (Phi) is 6.08. The first-order valence-corrected chi connectivity index (χ1v) is 8.88. The highest BCUT2D eigenvalue weighted by molar-refractivity contribution is 5.94. The standard InChI is InChI=1S/C24H20FNO2/c1-17(21-14-15-23(28-2)22(25)16-21)26-24(27)20-12-10-19(11-13-20)9-8-18-6-4-3-5-7-18/h3-7,10-17H,1-2H3,(H,26,27). The van der Waals surface area contributed by atoms with Gasteiger partial charge in [0.05, 0.1) is 13.2 Å². The maximum Gasteiger partial charge on any atom is 0.251 e. The minimum atomic E-state index is -0.456. The Morgan fingerprint density at radius 3 is 2.21 bits per heavy atom. The lowest BCUT2D eigenvalue weighted by atomic mass is 10.1. The number of amides is 1. The second kappa shape index (κ2) is 8.88. The van der Waals surface area contributed by atoms with E-state index < -0.39 is 5.82 Å². The molecule has 1 atom stereocenters. The van der Waals surface area contributed by atoms with Gasteiger partial charge in [0.2, 0.25) is 0 Å². The molecule has 0 bridgehead atoms. The Labute approximate surface area is 164 Å². The van der Waals surface area contributed by atoms with Crippen molar-refractivity contribution in [2.75, 3.05) is 7.11 Å². The second-order valence-corrected chi connectivity index (χ2v) is 6.28. The molecule has 0 heterocycles. The first-order valence-electron chi connectivity index (χ1n) is 8.88.